The van der Waals surface area contributed by atoms with Gasteiger partial charge >= 0.3 is 0 Å². The number of carbonyl (C=O) groups is 1. The third-order valence-electron chi connectivity index (χ3n) is 2.07. The first-order valence-electron chi connectivity index (χ1n) is 4.48. The van der Waals surface area contributed by atoms with Crippen LogP contribution >= 0.6 is 11.8 Å². The molecule has 1 aliphatic rings. The number of ether oxygens (including phenoxy) is 2. The SMILES string of the molecule is COCC(=O)CSC1CCOC1C. The van der Waals surface area contributed by atoms with Crippen molar-refractivity contribution in [2.75, 3.05) is 26.1 Å². The van der Waals surface area contributed by atoms with Crippen LogP contribution in [0, 0.1) is 0 Å². The lowest BCUT2D eigenvalue weighted by atomic mass is 10.3. The van der Waals surface area contributed by atoms with Crippen LogP contribution < -0.4 is 0 Å². The van der Waals surface area contributed by atoms with Crippen LogP contribution in [-0.4, -0.2) is 43.2 Å². The normalized spacial score (nSPS) is 27.8. The van der Waals surface area contributed by atoms with Crippen LogP contribution in [0.3, 0.4) is 0 Å². The average molecular weight is 204 g/mol. The number of methoxy groups -OCH3 is 1. The smallest absolute Gasteiger partial charge is 0.168 e. The zero-order valence-corrected chi connectivity index (χ0v) is 8.93. The lowest BCUT2D eigenvalue weighted by Crippen LogP contribution is -2.17. The summed E-state index contributed by atoms with van der Waals surface area (Å²) >= 11 is 1.69. The number of thioether (sulfide) groups is 1. The monoisotopic (exact) mass is 204 g/mol. The van der Waals surface area contributed by atoms with Crippen molar-refractivity contribution in [3.05, 3.63) is 0 Å². The van der Waals surface area contributed by atoms with Gasteiger partial charge < -0.3 is 9.47 Å². The van der Waals surface area contributed by atoms with E-state index >= 15 is 0 Å². The van der Waals surface area contributed by atoms with Gasteiger partial charge in [0, 0.05) is 19.0 Å². The fraction of sp³-hybridized carbons (Fsp3) is 0.889. The molecule has 0 aliphatic carbocycles. The summed E-state index contributed by atoms with van der Waals surface area (Å²) in [6, 6.07) is 0. The predicted molar refractivity (Wildman–Crippen MR) is 53.2 cm³/mol. The van der Waals surface area contributed by atoms with E-state index in [-0.39, 0.29) is 12.4 Å². The van der Waals surface area contributed by atoms with E-state index in [1.54, 1.807) is 18.9 Å². The van der Waals surface area contributed by atoms with E-state index in [0.717, 1.165) is 13.0 Å². The molecule has 0 saturated carbocycles. The Morgan fingerprint density at radius 3 is 3.00 bits per heavy atom. The molecular formula is C9H16O3S. The molecule has 0 spiro atoms. The summed E-state index contributed by atoms with van der Waals surface area (Å²) in [5.41, 5.74) is 0. The topological polar surface area (TPSA) is 35.5 Å². The van der Waals surface area contributed by atoms with Gasteiger partial charge in [0.15, 0.2) is 5.78 Å². The molecule has 76 valence electrons. The van der Waals surface area contributed by atoms with Gasteiger partial charge in [-0.05, 0) is 13.3 Å². The first kappa shape index (κ1) is 11.0. The van der Waals surface area contributed by atoms with E-state index in [9.17, 15) is 4.79 Å². The van der Waals surface area contributed by atoms with E-state index < -0.39 is 0 Å². The average Bonchev–Trinajstić information content (AvgIpc) is 2.48. The van der Waals surface area contributed by atoms with Crippen LogP contribution in [0.2, 0.25) is 0 Å². The van der Waals surface area contributed by atoms with Crippen molar-refractivity contribution in [2.24, 2.45) is 0 Å². The molecule has 1 fully saturated rings. The summed E-state index contributed by atoms with van der Waals surface area (Å²) in [6.45, 7) is 3.12. The van der Waals surface area contributed by atoms with Crippen molar-refractivity contribution in [1.29, 1.82) is 0 Å². The molecule has 1 heterocycles. The van der Waals surface area contributed by atoms with Crippen LogP contribution in [0.4, 0.5) is 0 Å². The summed E-state index contributed by atoms with van der Waals surface area (Å²) < 4.78 is 10.1. The molecule has 4 heteroatoms. The summed E-state index contributed by atoms with van der Waals surface area (Å²) in [4.78, 5) is 11.1. The van der Waals surface area contributed by atoms with Gasteiger partial charge in [-0.25, -0.2) is 0 Å². The first-order chi connectivity index (χ1) is 6.24. The second-order valence-electron chi connectivity index (χ2n) is 3.19. The molecule has 13 heavy (non-hydrogen) atoms. The maximum atomic E-state index is 11.1. The van der Waals surface area contributed by atoms with Crippen LogP contribution in [-0.2, 0) is 14.3 Å². The maximum absolute atomic E-state index is 11.1. The Bertz CT molecular complexity index is 172. The van der Waals surface area contributed by atoms with Crippen molar-refractivity contribution < 1.29 is 14.3 Å². The third-order valence-corrected chi connectivity index (χ3v) is 3.61. The Morgan fingerprint density at radius 2 is 2.46 bits per heavy atom. The molecule has 0 amide bonds. The fourth-order valence-electron chi connectivity index (χ4n) is 1.33. The van der Waals surface area contributed by atoms with Gasteiger partial charge in [-0.1, -0.05) is 0 Å². The van der Waals surface area contributed by atoms with E-state index in [1.807, 2.05) is 0 Å². The van der Waals surface area contributed by atoms with Crippen LogP contribution in [0.15, 0.2) is 0 Å². The third kappa shape index (κ3) is 3.67. The lowest BCUT2D eigenvalue weighted by Gasteiger charge is -2.12. The summed E-state index contributed by atoms with van der Waals surface area (Å²) in [5.74, 6) is 0.707. The molecule has 0 N–H and O–H groups in total. The lowest BCUT2D eigenvalue weighted by molar-refractivity contribution is -0.120. The van der Waals surface area contributed by atoms with Crippen molar-refractivity contribution in [1.82, 2.24) is 0 Å². The van der Waals surface area contributed by atoms with Gasteiger partial charge in [-0.15, -0.1) is 11.8 Å². The summed E-state index contributed by atoms with van der Waals surface area (Å²) in [7, 11) is 1.55. The molecular weight excluding hydrogens is 188 g/mol. The number of ketones is 1. The van der Waals surface area contributed by atoms with Crippen LogP contribution in [0.1, 0.15) is 13.3 Å². The van der Waals surface area contributed by atoms with E-state index in [4.69, 9.17) is 9.47 Å². The Hall–Kier alpha value is -0.0600. The summed E-state index contributed by atoms with van der Waals surface area (Å²) in [5, 5.41) is 0.487. The Morgan fingerprint density at radius 1 is 1.69 bits per heavy atom. The van der Waals surface area contributed by atoms with Gasteiger partial charge in [0.25, 0.3) is 0 Å². The molecule has 1 rings (SSSR count). The minimum atomic E-state index is 0.159. The molecule has 0 aromatic rings. The highest BCUT2D eigenvalue weighted by Gasteiger charge is 2.24. The van der Waals surface area contributed by atoms with Gasteiger partial charge in [0.05, 0.1) is 11.9 Å². The summed E-state index contributed by atoms with van der Waals surface area (Å²) in [6.07, 6.45) is 1.35. The minimum Gasteiger partial charge on any atom is -0.377 e. The number of hydrogen-bond donors (Lipinski definition) is 0. The number of rotatable bonds is 5. The zero-order valence-electron chi connectivity index (χ0n) is 8.12. The number of carbonyl (C=O) groups excluding carboxylic acids is 1. The van der Waals surface area contributed by atoms with E-state index in [2.05, 4.69) is 6.92 Å². The Kier molecular flexibility index (Phi) is 4.77. The van der Waals surface area contributed by atoms with Gasteiger partial charge in [-0.2, -0.15) is 0 Å². The van der Waals surface area contributed by atoms with Gasteiger partial charge in [0.1, 0.15) is 6.61 Å². The van der Waals surface area contributed by atoms with Gasteiger partial charge in [-0.3, -0.25) is 4.79 Å². The molecule has 3 nitrogen and oxygen atoms in total. The predicted octanol–water partition coefficient (Wildman–Crippen LogP) is 1.11. The highest BCUT2D eigenvalue weighted by molar-refractivity contribution is 8.00. The zero-order chi connectivity index (χ0) is 9.68. The highest BCUT2D eigenvalue weighted by atomic mass is 32.2. The quantitative estimate of drug-likeness (QED) is 0.672. The Balaban J connectivity index is 2.14. The molecule has 0 bridgehead atoms. The minimum absolute atomic E-state index is 0.159. The maximum Gasteiger partial charge on any atom is 0.168 e. The molecule has 1 aliphatic heterocycles. The van der Waals surface area contributed by atoms with Crippen LogP contribution in [0.25, 0.3) is 0 Å². The largest absolute Gasteiger partial charge is 0.377 e. The number of Topliss-reactive ketones (excluding diaryl/α,β-unsaturated/α-hetero) is 1. The van der Waals surface area contributed by atoms with Gasteiger partial charge in [0.2, 0.25) is 0 Å². The van der Waals surface area contributed by atoms with Crippen molar-refractivity contribution in [3.8, 4) is 0 Å². The second kappa shape index (κ2) is 5.62. The molecule has 0 aromatic heterocycles. The fourth-order valence-corrected chi connectivity index (χ4v) is 2.43. The first-order valence-corrected chi connectivity index (χ1v) is 5.52. The molecule has 1 saturated heterocycles. The van der Waals surface area contributed by atoms with E-state index in [0.29, 0.717) is 17.1 Å². The molecule has 2 unspecified atom stereocenters. The second-order valence-corrected chi connectivity index (χ2v) is 4.41. The number of hydrogen-bond acceptors (Lipinski definition) is 4. The van der Waals surface area contributed by atoms with Crippen molar-refractivity contribution in [3.63, 3.8) is 0 Å². The molecule has 0 radical (unpaired) electrons. The van der Waals surface area contributed by atoms with Crippen molar-refractivity contribution in [2.45, 2.75) is 24.7 Å². The molecule has 0 aromatic carbocycles. The Labute approximate surface area is 83.2 Å². The molecule has 2 atom stereocenters. The van der Waals surface area contributed by atoms with Crippen molar-refractivity contribution >= 4 is 17.5 Å². The standard InChI is InChI=1S/C9H16O3S/c1-7-9(3-4-12-7)13-6-8(10)5-11-2/h7,9H,3-6H2,1-2H3. The highest BCUT2D eigenvalue weighted by Crippen LogP contribution is 2.25. The van der Waals surface area contributed by atoms with Crippen LogP contribution in [0.5, 0.6) is 0 Å². The van der Waals surface area contributed by atoms with E-state index in [1.165, 1.54) is 0 Å².